The monoisotopic (exact) mass is 516 g/mol. The smallest absolute Gasteiger partial charge is 0.544 e. The molecule has 10 heteroatoms. The number of carboxylic acid groups (broad SMARTS) is 3. The summed E-state index contributed by atoms with van der Waals surface area (Å²) in [5, 5.41) is 29.1. The first-order valence-corrected chi connectivity index (χ1v) is 7.52. The van der Waals surface area contributed by atoms with Gasteiger partial charge in [-0.3, -0.25) is 0 Å². The van der Waals surface area contributed by atoms with E-state index in [9.17, 15) is 29.7 Å². The van der Waals surface area contributed by atoms with Crippen LogP contribution in [-0.4, -0.2) is 35.3 Å². The molecule has 0 aliphatic rings. The molecule has 0 radical (unpaired) electrons. The van der Waals surface area contributed by atoms with Gasteiger partial charge in [-0.05, 0) is 68.6 Å². The van der Waals surface area contributed by atoms with Gasteiger partial charge in [-0.25, -0.2) is 0 Å². The SMILES string of the molecule is C/C=C(\Br)C(=O)[O-].C/C=C(\Br)C(=O)[O-].C/C=C(\Br)C(=O)[O-].[Al+3]. The standard InChI is InChI=1S/3C4H5BrO2.Al/c3*1-2-3(5)4(6)7;/h3*2H,1H3,(H,6,7);/q;;;+3/p-3/b3*3-2-;. The zero-order valence-corrected chi connectivity index (χ0v) is 17.8. The van der Waals surface area contributed by atoms with Crippen molar-refractivity contribution in [3.05, 3.63) is 31.7 Å². The van der Waals surface area contributed by atoms with Crippen LogP contribution in [-0.2, 0) is 14.4 Å². The van der Waals surface area contributed by atoms with E-state index >= 15 is 0 Å². The molecular weight excluding hydrogens is 507 g/mol. The maximum Gasteiger partial charge on any atom is 3.00 e. The van der Waals surface area contributed by atoms with Crippen LogP contribution in [0.4, 0.5) is 0 Å². The van der Waals surface area contributed by atoms with E-state index in [0.29, 0.717) is 0 Å². The van der Waals surface area contributed by atoms with Crippen LogP contribution in [0.3, 0.4) is 0 Å². The maximum absolute atomic E-state index is 9.70. The molecule has 0 atom stereocenters. The number of hydrogen-bond donors (Lipinski definition) is 0. The van der Waals surface area contributed by atoms with Gasteiger partial charge in [0, 0.05) is 13.4 Å². The summed E-state index contributed by atoms with van der Waals surface area (Å²) < 4.78 is 0.271. The number of carboxylic acids is 3. The fraction of sp³-hybridized carbons (Fsp3) is 0.250. The molecule has 0 aromatic heterocycles. The Labute approximate surface area is 164 Å². The number of allylic oxidation sites excluding steroid dienone is 3. The zero-order valence-electron chi connectivity index (χ0n) is 11.9. The summed E-state index contributed by atoms with van der Waals surface area (Å²) >= 11 is 8.22. The van der Waals surface area contributed by atoms with Crippen molar-refractivity contribution in [3.63, 3.8) is 0 Å². The molecule has 22 heavy (non-hydrogen) atoms. The average Bonchev–Trinajstić information content (AvgIpc) is 2.45. The summed E-state index contributed by atoms with van der Waals surface area (Å²) in [7, 11) is 0. The minimum atomic E-state index is -1.18. The largest absolute Gasteiger partial charge is 3.00 e. The molecule has 0 saturated heterocycles. The first-order valence-electron chi connectivity index (χ1n) is 5.14. The number of hydrogen-bond acceptors (Lipinski definition) is 6. The Morgan fingerprint density at radius 3 is 0.773 bits per heavy atom. The van der Waals surface area contributed by atoms with Crippen molar-refractivity contribution < 1.29 is 29.7 Å². The first-order chi connectivity index (χ1) is 9.54. The maximum atomic E-state index is 9.70. The summed E-state index contributed by atoms with van der Waals surface area (Å²) in [6, 6.07) is 0. The quantitative estimate of drug-likeness (QED) is 0.374. The molecule has 0 aromatic carbocycles. The first kappa shape index (κ1) is 29.6. The van der Waals surface area contributed by atoms with Gasteiger partial charge >= 0.3 is 17.4 Å². The van der Waals surface area contributed by atoms with Crippen molar-refractivity contribution in [2.24, 2.45) is 0 Å². The summed E-state index contributed by atoms with van der Waals surface area (Å²) in [6.07, 6.45) is 4.24. The van der Waals surface area contributed by atoms with Crippen LogP contribution in [0.15, 0.2) is 31.7 Å². The van der Waals surface area contributed by atoms with Crippen LogP contribution in [0.2, 0.25) is 0 Å². The molecule has 120 valence electrons. The third kappa shape index (κ3) is 21.9. The summed E-state index contributed by atoms with van der Waals surface area (Å²) in [5.74, 6) is -3.53. The summed E-state index contributed by atoms with van der Waals surface area (Å²) in [4.78, 5) is 29.1. The molecule has 0 aromatic rings. The second kappa shape index (κ2) is 18.7. The van der Waals surface area contributed by atoms with Crippen molar-refractivity contribution in [2.75, 3.05) is 0 Å². The van der Waals surface area contributed by atoms with Gasteiger partial charge in [0.1, 0.15) is 0 Å². The molecule has 0 fully saturated rings. The van der Waals surface area contributed by atoms with Gasteiger partial charge in [0.15, 0.2) is 0 Å². The van der Waals surface area contributed by atoms with Gasteiger partial charge in [-0.1, -0.05) is 18.2 Å². The van der Waals surface area contributed by atoms with Gasteiger partial charge in [0.05, 0.1) is 17.9 Å². The van der Waals surface area contributed by atoms with E-state index in [1.165, 1.54) is 18.2 Å². The van der Waals surface area contributed by atoms with Gasteiger partial charge < -0.3 is 29.7 Å². The van der Waals surface area contributed by atoms with Gasteiger partial charge in [-0.15, -0.1) is 0 Å². The second-order valence-electron chi connectivity index (χ2n) is 2.77. The number of aliphatic carboxylic acids is 3. The third-order valence-corrected chi connectivity index (χ3v) is 3.69. The summed E-state index contributed by atoms with van der Waals surface area (Å²) in [5.41, 5.74) is 0. The van der Waals surface area contributed by atoms with E-state index in [0.717, 1.165) is 0 Å². The number of carbonyl (C=O) groups is 3. The van der Waals surface area contributed by atoms with Crippen molar-refractivity contribution >= 4 is 83.1 Å². The predicted molar refractivity (Wildman–Crippen MR) is 88.8 cm³/mol. The molecule has 0 aliphatic carbocycles. The van der Waals surface area contributed by atoms with Crippen LogP contribution in [0.25, 0.3) is 0 Å². The minimum Gasteiger partial charge on any atom is -0.544 e. The molecule has 0 spiro atoms. The van der Waals surface area contributed by atoms with E-state index in [1.807, 2.05) is 0 Å². The minimum absolute atomic E-state index is 0. The topological polar surface area (TPSA) is 120 Å². The molecule has 0 unspecified atom stereocenters. The molecule has 0 heterocycles. The summed E-state index contributed by atoms with van der Waals surface area (Å²) in [6.45, 7) is 4.83. The van der Waals surface area contributed by atoms with E-state index in [-0.39, 0.29) is 30.8 Å². The van der Waals surface area contributed by atoms with E-state index in [4.69, 9.17) is 0 Å². The number of halogens is 3. The van der Waals surface area contributed by atoms with Crippen molar-refractivity contribution in [2.45, 2.75) is 20.8 Å². The van der Waals surface area contributed by atoms with Crippen LogP contribution >= 0.6 is 47.8 Å². The second-order valence-corrected chi connectivity index (χ2v) is 5.34. The Morgan fingerprint density at radius 1 is 0.636 bits per heavy atom. The predicted octanol–water partition coefficient (Wildman–Crippen LogP) is -0.276. The van der Waals surface area contributed by atoms with Crippen LogP contribution in [0.5, 0.6) is 0 Å². The van der Waals surface area contributed by atoms with Crippen LogP contribution in [0, 0.1) is 0 Å². The van der Waals surface area contributed by atoms with Crippen LogP contribution < -0.4 is 15.3 Å². The molecular formula is C12H12AlBr3O6. The normalized spacial score (nSPS) is 10.9. The van der Waals surface area contributed by atoms with Crippen molar-refractivity contribution in [1.82, 2.24) is 0 Å². The Balaban J connectivity index is -0.000000108. The van der Waals surface area contributed by atoms with E-state index in [1.54, 1.807) is 20.8 Å². The van der Waals surface area contributed by atoms with Crippen molar-refractivity contribution in [1.29, 1.82) is 0 Å². The molecule has 0 N–H and O–H groups in total. The van der Waals surface area contributed by atoms with Gasteiger partial charge in [-0.2, -0.15) is 0 Å². The van der Waals surface area contributed by atoms with E-state index in [2.05, 4.69) is 47.8 Å². The molecule has 0 bridgehead atoms. The van der Waals surface area contributed by atoms with Crippen LogP contribution in [0.1, 0.15) is 20.8 Å². The van der Waals surface area contributed by atoms with Gasteiger partial charge in [0.2, 0.25) is 0 Å². The Kier molecular flexibility index (Phi) is 25.1. The Bertz CT molecular complexity index is 391. The molecule has 0 saturated carbocycles. The number of rotatable bonds is 3. The molecule has 0 aliphatic heterocycles. The molecule has 0 amide bonds. The molecule has 0 rings (SSSR count). The fourth-order valence-corrected chi connectivity index (χ4v) is 0.354. The third-order valence-electron chi connectivity index (χ3n) is 1.35. The Hall–Kier alpha value is -0.398. The number of carbonyl (C=O) groups excluding carboxylic acids is 3. The fourth-order valence-electron chi connectivity index (χ4n) is 0.354. The molecule has 6 nitrogen and oxygen atoms in total. The van der Waals surface area contributed by atoms with Gasteiger partial charge in [0.25, 0.3) is 0 Å². The van der Waals surface area contributed by atoms with Crippen molar-refractivity contribution in [3.8, 4) is 0 Å². The zero-order chi connectivity index (χ0) is 17.6. The van der Waals surface area contributed by atoms with E-state index < -0.39 is 17.9 Å². The average molecular weight is 519 g/mol. The Morgan fingerprint density at radius 2 is 0.773 bits per heavy atom.